The van der Waals surface area contributed by atoms with Crippen LogP contribution in [0, 0.1) is 0 Å². The molecule has 0 amide bonds. The van der Waals surface area contributed by atoms with Gasteiger partial charge in [0, 0.05) is 63.9 Å². The normalized spacial score (nSPS) is 16.4. The van der Waals surface area contributed by atoms with Gasteiger partial charge < -0.3 is 37.2 Å². The third-order valence-corrected chi connectivity index (χ3v) is 5.86. The van der Waals surface area contributed by atoms with Crippen molar-refractivity contribution >= 4 is 20.2 Å². The molecular weight excluding hydrogens is 488 g/mol. The van der Waals surface area contributed by atoms with Crippen molar-refractivity contribution in [1.29, 1.82) is 0 Å². The van der Waals surface area contributed by atoms with Gasteiger partial charge in [-0.2, -0.15) is 0 Å². The molecule has 0 heterocycles. The van der Waals surface area contributed by atoms with Crippen LogP contribution in [-0.2, 0) is 13.1 Å². The van der Waals surface area contributed by atoms with E-state index in [0.29, 0.717) is 12.1 Å². The molecule has 1 fully saturated rings. The summed E-state index contributed by atoms with van der Waals surface area (Å²) in [6, 6.07) is 1.76. The summed E-state index contributed by atoms with van der Waals surface area (Å²) in [5, 5.41) is 24.6. The number of rotatable bonds is 20. The third kappa shape index (κ3) is 21.4. The zero-order valence-electron chi connectivity index (χ0n) is 20.7. The van der Waals surface area contributed by atoms with Gasteiger partial charge in [0.25, 0.3) is 0 Å². The summed E-state index contributed by atoms with van der Waals surface area (Å²) in [4.78, 5) is 0. The van der Waals surface area contributed by atoms with Crippen molar-refractivity contribution in [2.75, 3.05) is 73.5 Å². The van der Waals surface area contributed by atoms with Crippen LogP contribution in [0.25, 0.3) is 0 Å². The zero-order valence-corrected chi connectivity index (χ0v) is 23.4. The molecule has 0 spiro atoms. The van der Waals surface area contributed by atoms with Gasteiger partial charge in [-0.15, -0.1) is 0 Å². The van der Waals surface area contributed by atoms with Gasteiger partial charge in [-0.3, -0.25) is 0 Å². The molecule has 32 heavy (non-hydrogen) atoms. The molecule has 1 saturated carbocycles. The van der Waals surface area contributed by atoms with Crippen LogP contribution in [0.3, 0.4) is 0 Å². The Hall–Kier alpha value is 0.819. The molecule has 0 aromatic rings. The molecule has 2 atom stereocenters. The first-order chi connectivity index (χ1) is 15.7. The second-order valence-electron chi connectivity index (χ2n) is 8.56. The van der Waals surface area contributed by atoms with E-state index in [2.05, 4.69) is 37.2 Å². The number of unbranched alkanes of at least 4 members (excludes halogenated alkanes) is 1. The molecule has 1 aliphatic carbocycles. The third-order valence-electron chi connectivity index (χ3n) is 5.86. The van der Waals surface area contributed by atoms with E-state index < -0.39 is 0 Å². The van der Waals surface area contributed by atoms with Crippen LogP contribution in [0.4, 0.5) is 0 Å². The van der Waals surface area contributed by atoms with E-state index in [4.69, 9.17) is 20.2 Å². The molecule has 7 nitrogen and oxygen atoms in total. The van der Waals surface area contributed by atoms with Gasteiger partial charge in [0.05, 0.1) is 0 Å². The molecule has 0 aromatic heterocycles. The van der Waals surface area contributed by atoms with Gasteiger partial charge in [0.15, 0.2) is 0 Å². The van der Waals surface area contributed by atoms with E-state index in [1.165, 1.54) is 51.4 Å². The molecule has 0 saturated heterocycles. The molecule has 0 aromatic carbocycles. The Bertz CT molecular complexity index is 367. The minimum atomic E-state index is 0.00694. The van der Waals surface area contributed by atoms with Crippen molar-refractivity contribution in [1.82, 2.24) is 37.2 Å². The van der Waals surface area contributed by atoms with Crippen molar-refractivity contribution in [2.45, 2.75) is 69.5 Å². The average Bonchev–Trinajstić information content (AvgIpc) is 2.80. The maximum atomic E-state index is 4.80. The molecule has 10 heteroatoms. The van der Waals surface area contributed by atoms with Crippen LogP contribution in [-0.4, -0.2) is 91.6 Å². The van der Waals surface area contributed by atoms with Crippen LogP contribution in [0.5, 0.6) is 0 Å². The summed E-state index contributed by atoms with van der Waals surface area (Å²) >= 11 is 0.00694. The minimum absolute atomic E-state index is 0.00694. The Kier molecular flexibility index (Phi) is 27.1. The van der Waals surface area contributed by atoms with E-state index in [0.717, 1.165) is 58.4 Å². The first-order valence-electron chi connectivity index (χ1n) is 12.4. The van der Waals surface area contributed by atoms with E-state index in [1.54, 1.807) is 0 Å². The predicted octanol–water partition coefficient (Wildman–Crippen LogP) is 1.62. The van der Waals surface area contributed by atoms with Crippen molar-refractivity contribution < 1.29 is 13.1 Å². The Morgan fingerprint density at radius 1 is 0.719 bits per heavy atom. The standard InChI is InChI=1S/C22H51N7.2ClH.Mn/c1-23-12-8-7-11-21(17-24-2)29-19-22(18-25-3)28-16-14-26-13-15-27-20-9-5-4-6-10-20;;;/h20-29H,4-19H2,1-3H3;2*1H;/q;;;+2/p-2/t21-,22+;;;/m1.../s1. The Labute approximate surface area is 213 Å². The van der Waals surface area contributed by atoms with Crippen LogP contribution >= 0.6 is 20.2 Å². The first kappa shape index (κ1) is 32.8. The van der Waals surface area contributed by atoms with Gasteiger partial charge in [-0.25, -0.2) is 0 Å². The fourth-order valence-corrected chi connectivity index (χ4v) is 4.15. The Morgan fingerprint density at radius 3 is 2.03 bits per heavy atom. The molecule has 0 radical (unpaired) electrons. The second-order valence-corrected chi connectivity index (χ2v) is 10.5. The Balaban J connectivity index is 0.00000302. The number of hydrogen-bond acceptors (Lipinski definition) is 7. The molecule has 7 N–H and O–H groups in total. The molecular formula is C22H51Cl2MnN7. The fraction of sp³-hybridized carbons (Fsp3) is 1.00. The average molecular weight is 540 g/mol. The summed E-state index contributed by atoms with van der Waals surface area (Å²) < 4.78 is 0. The van der Waals surface area contributed by atoms with Crippen molar-refractivity contribution in [2.24, 2.45) is 0 Å². The Morgan fingerprint density at radius 2 is 1.38 bits per heavy atom. The zero-order chi connectivity index (χ0) is 23.7. The molecule has 0 bridgehead atoms. The predicted molar refractivity (Wildman–Crippen MR) is 139 cm³/mol. The van der Waals surface area contributed by atoms with Gasteiger partial charge in [-0.05, 0) is 53.4 Å². The van der Waals surface area contributed by atoms with E-state index in [1.807, 2.05) is 21.1 Å². The maximum absolute atomic E-state index is 4.80. The number of nitrogens with one attached hydrogen (secondary N) is 7. The molecule has 0 aliphatic heterocycles. The number of hydrogen-bond donors (Lipinski definition) is 7. The monoisotopic (exact) mass is 538 g/mol. The van der Waals surface area contributed by atoms with Crippen LogP contribution in [0.15, 0.2) is 0 Å². The van der Waals surface area contributed by atoms with Gasteiger partial charge >= 0.3 is 33.3 Å². The van der Waals surface area contributed by atoms with Gasteiger partial charge in [0.2, 0.25) is 0 Å². The SMILES string of the molecule is CNCCCC[C@H](CNC)NC[C@H](CNC)NCCNCCNC1CCCCC1.[Cl][Mn][Cl]. The van der Waals surface area contributed by atoms with Crippen molar-refractivity contribution in [3.8, 4) is 0 Å². The molecule has 1 aliphatic rings. The summed E-state index contributed by atoms with van der Waals surface area (Å²) in [7, 11) is 15.7. The summed E-state index contributed by atoms with van der Waals surface area (Å²) in [5.74, 6) is 0. The molecule has 195 valence electrons. The van der Waals surface area contributed by atoms with Crippen molar-refractivity contribution in [3.63, 3.8) is 0 Å². The van der Waals surface area contributed by atoms with E-state index >= 15 is 0 Å². The van der Waals surface area contributed by atoms with Crippen LogP contribution in [0.2, 0.25) is 0 Å². The first-order valence-corrected chi connectivity index (χ1v) is 15.7. The number of likely N-dealkylation sites (N-methyl/N-ethyl adjacent to an activating group) is 2. The summed E-state index contributed by atoms with van der Waals surface area (Å²) in [6.45, 7) is 8.31. The number of halogens is 2. The van der Waals surface area contributed by atoms with Gasteiger partial charge in [-0.1, -0.05) is 25.7 Å². The topological polar surface area (TPSA) is 84.2 Å². The van der Waals surface area contributed by atoms with Crippen molar-refractivity contribution in [3.05, 3.63) is 0 Å². The van der Waals surface area contributed by atoms with E-state index in [-0.39, 0.29) is 13.1 Å². The van der Waals surface area contributed by atoms with Crippen LogP contribution < -0.4 is 37.2 Å². The summed E-state index contributed by atoms with van der Waals surface area (Å²) in [5.41, 5.74) is 0. The van der Waals surface area contributed by atoms with Gasteiger partial charge in [0.1, 0.15) is 0 Å². The summed E-state index contributed by atoms with van der Waals surface area (Å²) in [6.07, 6.45) is 10.7. The molecule has 0 unspecified atom stereocenters. The quantitative estimate of drug-likeness (QED) is 0.0936. The van der Waals surface area contributed by atoms with E-state index in [9.17, 15) is 0 Å². The molecule has 1 rings (SSSR count). The van der Waals surface area contributed by atoms with Crippen LogP contribution in [0.1, 0.15) is 51.4 Å². The fourth-order valence-electron chi connectivity index (χ4n) is 4.15. The second kappa shape index (κ2) is 26.4.